The van der Waals surface area contributed by atoms with Crippen LogP contribution in [0.4, 0.5) is 0 Å². The molecule has 0 N–H and O–H groups in total. The van der Waals surface area contributed by atoms with Gasteiger partial charge in [-0.3, -0.25) is 0 Å². The fourth-order valence-corrected chi connectivity index (χ4v) is 16.3. The van der Waals surface area contributed by atoms with Crippen molar-refractivity contribution in [1.82, 2.24) is 0 Å². The van der Waals surface area contributed by atoms with Gasteiger partial charge in [-0.1, -0.05) is 0 Å². The molecule has 0 heterocycles. The minimum absolute atomic E-state index is 0.125. The van der Waals surface area contributed by atoms with Gasteiger partial charge < -0.3 is 0 Å². The third-order valence-electron chi connectivity index (χ3n) is 12.8. The summed E-state index contributed by atoms with van der Waals surface area (Å²) in [6.45, 7) is 8.07. The Morgan fingerprint density at radius 2 is 0.571 bits per heavy atom. The molecule has 0 bridgehead atoms. The summed E-state index contributed by atoms with van der Waals surface area (Å²) in [7, 11) is 0. The maximum absolute atomic E-state index is 15.8. The normalized spacial score (nSPS) is 12.0. The molecule has 0 amide bonds. The van der Waals surface area contributed by atoms with Gasteiger partial charge in [0.15, 0.2) is 0 Å². The van der Waals surface area contributed by atoms with Crippen LogP contribution in [0.25, 0.3) is 0 Å². The predicted octanol–water partition coefficient (Wildman–Crippen LogP) is 13.1. The van der Waals surface area contributed by atoms with Gasteiger partial charge >= 0.3 is 383 Å². The van der Waals surface area contributed by atoms with Crippen molar-refractivity contribution in [1.29, 1.82) is 0 Å². The zero-order valence-corrected chi connectivity index (χ0v) is 40.2. The van der Waals surface area contributed by atoms with Gasteiger partial charge in [-0.25, -0.2) is 0 Å². The summed E-state index contributed by atoms with van der Waals surface area (Å²) in [6, 6.07) is 57.6. The summed E-state index contributed by atoms with van der Waals surface area (Å²) in [5.41, 5.74) is 0.443. The Bertz CT molecular complexity index is 1950. The molecule has 0 radical (unpaired) electrons. The first-order chi connectivity index (χ1) is 30.8. The van der Waals surface area contributed by atoms with Crippen molar-refractivity contribution >= 4 is 37.5 Å². The Hall–Kier alpha value is -5.47. The number of carbonyl (C=O) groups excluding carboxylic acids is 3. The van der Waals surface area contributed by atoms with E-state index in [2.05, 4.69) is 6.92 Å². The van der Waals surface area contributed by atoms with E-state index < -0.39 is 53.8 Å². The molecule has 6 nitrogen and oxygen atoms in total. The number of unbranched alkanes of at least 4 members (excludes halogenated alkanes) is 5. The molecular weight excluding hydrogens is 887 g/mol. The van der Waals surface area contributed by atoms with E-state index in [0.717, 1.165) is 65.5 Å². The molecule has 6 aromatic rings. The van der Waals surface area contributed by atoms with Crippen molar-refractivity contribution in [3.8, 4) is 0 Å². The van der Waals surface area contributed by atoms with Gasteiger partial charge in [-0.15, -0.1) is 0 Å². The molecule has 0 saturated heterocycles. The van der Waals surface area contributed by atoms with Crippen molar-refractivity contribution in [2.75, 3.05) is 0 Å². The third-order valence-corrected chi connectivity index (χ3v) is 19.8. The van der Waals surface area contributed by atoms with Gasteiger partial charge in [0.2, 0.25) is 0 Å². The van der Waals surface area contributed by atoms with Crippen LogP contribution in [-0.2, 0) is 39.9 Å². The average molecular weight is 950 g/mol. The van der Waals surface area contributed by atoms with Crippen LogP contribution in [0.15, 0.2) is 182 Å². The van der Waals surface area contributed by atoms with Crippen molar-refractivity contribution in [2.45, 2.75) is 106 Å². The quantitative estimate of drug-likeness (QED) is 0.0498. The summed E-state index contributed by atoms with van der Waals surface area (Å²) in [6.07, 6.45) is 6.50. The van der Waals surface area contributed by atoms with Gasteiger partial charge in [-0.05, 0) is 0 Å². The monoisotopic (exact) mass is 950 g/mol. The Labute approximate surface area is 380 Å². The molecule has 326 valence electrons. The van der Waals surface area contributed by atoms with Gasteiger partial charge in [0, 0.05) is 0 Å². The second-order valence-corrected chi connectivity index (χ2v) is 23.4. The number of carbonyl (C=O) groups is 3. The molecule has 0 aliphatic carbocycles. The number of hydrogen-bond acceptors (Lipinski definition) is 6. The SMILES string of the molecule is CCCCCCC[CH2][Sn]([O]C(=O)C(CC)(c1ccccc1)c1ccccc1)([O]C(=O)C(CC)(c1ccccc1)c1ccccc1)[O]C(=O)C(CC)(c1ccccc1)c1ccccc1. The maximum atomic E-state index is 15.8. The molecule has 0 saturated carbocycles. The van der Waals surface area contributed by atoms with Gasteiger partial charge in [0.25, 0.3) is 0 Å². The number of benzene rings is 6. The van der Waals surface area contributed by atoms with Crippen LogP contribution >= 0.6 is 0 Å². The predicted molar refractivity (Wildman–Crippen MR) is 254 cm³/mol. The van der Waals surface area contributed by atoms with Crippen LogP contribution in [0, 0.1) is 0 Å². The van der Waals surface area contributed by atoms with Crippen LogP contribution in [-0.4, -0.2) is 37.5 Å². The van der Waals surface area contributed by atoms with Gasteiger partial charge in [-0.2, -0.15) is 0 Å². The fraction of sp³-hybridized carbons (Fsp3) is 0.304. The molecule has 0 unspecified atom stereocenters. The van der Waals surface area contributed by atoms with Gasteiger partial charge in [0.05, 0.1) is 0 Å². The molecule has 6 aromatic carbocycles. The van der Waals surface area contributed by atoms with Crippen molar-refractivity contribution in [2.24, 2.45) is 0 Å². The summed E-state index contributed by atoms with van der Waals surface area (Å²) in [4.78, 5) is 47.4. The molecule has 0 aliphatic rings. The Morgan fingerprint density at radius 3 is 0.794 bits per heavy atom. The number of rotatable bonds is 22. The zero-order valence-electron chi connectivity index (χ0n) is 37.3. The number of hydrogen-bond donors (Lipinski definition) is 0. The Morgan fingerprint density at radius 1 is 0.349 bits per heavy atom. The first-order valence-corrected chi connectivity index (χ1v) is 28.3. The molecule has 0 aliphatic heterocycles. The second kappa shape index (κ2) is 22.2. The first kappa shape index (κ1) is 47.0. The molecule has 0 spiro atoms. The molecule has 0 atom stereocenters. The topological polar surface area (TPSA) is 78.9 Å². The molecule has 63 heavy (non-hydrogen) atoms. The van der Waals surface area contributed by atoms with E-state index in [4.69, 9.17) is 9.22 Å². The fourth-order valence-electron chi connectivity index (χ4n) is 9.22. The van der Waals surface area contributed by atoms with Crippen LogP contribution in [0.1, 0.15) is 119 Å². The van der Waals surface area contributed by atoms with E-state index in [1.807, 2.05) is 203 Å². The Kier molecular flexibility index (Phi) is 16.6. The summed E-state index contributed by atoms with van der Waals surface area (Å²) in [5.74, 6) is -1.81. The molecule has 7 heteroatoms. The second-order valence-electron chi connectivity index (χ2n) is 16.3. The van der Waals surface area contributed by atoms with Crippen LogP contribution < -0.4 is 0 Å². The van der Waals surface area contributed by atoms with E-state index in [-0.39, 0.29) is 4.44 Å². The van der Waals surface area contributed by atoms with E-state index in [9.17, 15) is 0 Å². The Balaban J connectivity index is 1.59. The molecule has 6 rings (SSSR count). The molecule has 0 fully saturated rings. The molecule has 0 aromatic heterocycles. The first-order valence-electron chi connectivity index (χ1n) is 22.8. The van der Waals surface area contributed by atoms with Crippen LogP contribution in [0.3, 0.4) is 0 Å². The van der Waals surface area contributed by atoms with E-state index >= 15 is 14.4 Å². The van der Waals surface area contributed by atoms with Crippen molar-refractivity contribution in [3.63, 3.8) is 0 Å². The van der Waals surface area contributed by atoms with E-state index in [0.29, 0.717) is 25.7 Å². The summed E-state index contributed by atoms with van der Waals surface area (Å²) < 4.78 is 21.4. The third kappa shape index (κ3) is 10.0. The summed E-state index contributed by atoms with van der Waals surface area (Å²) >= 11 is -5.95. The standard InChI is InChI=1S/3C16H16O2.C8H17.Sn/c3*1-2-16(15(17)18,13-9-5-3-6-10-13)14-11-7-4-8-12-14;1-3-5-7-8-6-4-2;/h3*3-12H,2H2,1H3,(H,17,18);1,3-8H2,2H3;/q;;;;+3/p-3. The summed E-state index contributed by atoms with van der Waals surface area (Å²) in [5, 5.41) is 0. The average Bonchev–Trinajstić information content (AvgIpc) is 3.33. The van der Waals surface area contributed by atoms with E-state index in [1.165, 1.54) is 0 Å². The van der Waals surface area contributed by atoms with Crippen LogP contribution in [0.2, 0.25) is 4.44 Å². The van der Waals surface area contributed by atoms with Crippen molar-refractivity contribution < 1.29 is 23.6 Å². The van der Waals surface area contributed by atoms with Crippen molar-refractivity contribution in [3.05, 3.63) is 215 Å². The zero-order chi connectivity index (χ0) is 44.6. The van der Waals surface area contributed by atoms with Gasteiger partial charge in [0.1, 0.15) is 0 Å². The molecular formula is C56H62O6Sn. The van der Waals surface area contributed by atoms with E-state index in [1.54, 1.807) is 0 Å². The van der Waals surface area contributed by atoms with Crippen LogP contribution in [0.5, 0.6) is 0 Å². The minimum atomic E-state index is -5.95.